The maximum absolute atomic E-state index is 12.3. The number of aromatic nitrogens is 1. The monoisotopic (exact) mass is 458 g/mol. The Hall–Kier alpha value is -2.18. The van der Waals surface area contributed by atoms with Crippen LogP contribution in [-0.4, -0.2) is 17.5 Å². The summed E-state index contributed by atoms with van der Waals surface area (Å²) in [6.45, 7) is 6.14. The molecule has 3 aromatic rings. The predicted octanol–water partition coefficient (Wildman–Crippen LogP) is 6.16. The Balaban J connectivity index is 1.61. The van der Waals surface area contributed by atoms with Gasteiger partial charge in [0, 0.05) is 10.4 Å². The molecule has 0 bridgehead atoms. The van der Waals surface area contributed by atoms with Gasteiger partial charge in [0.25, 0.3) is 5.91 Å². The van der Waals surface area contributed by atoms with E-state index in [9.17, 15) is 4.79 Å². The molecule has 0 spiro atoms. The molecule has 0 unspecified atom stereocenters. The SMILES string of the molecule is CCCc1ccc(OCC(=O)Nc2nc(-c3ccc(C)cc3)c(C)s2)c(Br)c1. The first-order valence-corrected chi connectivity index (χ1v) is 10.8. The molecular formula is C22H23BrN2O2S. The molecule has 28 heavy (non-hydrogen) atoms. The van der Waals surface area contributed by atoms with Gasteiger partial charge < -0.3 is 4.74 Å². The summed E-state index contributed by atoms with van der Waals surface area (Å²) in [7, 11) is 0. The molecule has 0 atom stereocenters. The van der Waals surface area contributed by atoms with Crippen LogP contribution in [0.3, 0.4) is 0 Å². The molecule has 0 saturated heterocycles. The number of carbonyl (C=O) groups excluding carboxylic acids is 1. The van der Waals surface area contributed by atoms with Crippen LogP contribution >= 0.6 is 27.3 Å². The van der Waals surface area contributed by atoms with E-state index in [1.54, 1.807) is 0 Å². The van der Waals surface area contributed by atoms with Crippen LogP contribution in [0.25, 0.3) is 11.3 Å². The van der Waals surface area contributed by atoms with Crippen molar-refractivity contribution in [2.45, 2.75) is 33.6 Å². The minimum Gasteiger partial charge on any atom is -0.483 e. The van der Waals surface area contributed by atoms with Gasteiger partial charge in [-0.2, -0.15) is 0 Å². The van der Waals surface area contributed by atoms with E-state index in [0.717, 1.165) is 33.4 Å². The highest BCUT2D eigenvalue weighted by molar-refractivity contribution is 9.10. The summed E-state index contributed by atoms with van der Waals surface area (Å²) in [5.41, 5.74) is 4.40. The molecule has 0 aliphatic rings. The Morgan fingerprint density at radius 1 is 1.18 bits per heavy atom. The minimum absolute atomic E-state index is 0.0653. The van der Waals surface area contributed by atoms with E-state index in [4.69, 9.17) is 4.74 Å². The summed E-state index contributed by atoms with van der Waals surface area (Å²) in [5, 5.41) is 3.42. The molecule has 1 amide bonds. The summed E-state index contributed by atoms with van der Waals surface area (Å²) in [6.07, 6.45) is 2.11. The molecule has 0 aliphatic carbocycles. The third-order valence-corrected chi connectivity index (χ3v) is 5.77. The summed E-state index contributed by atoms with van der Waals surface area (Å²) in [6, 6.07) is 14.2. The lowest BCUT2D eigenvalue weighted by Crippen LogP contribution is -2.20. The van der Waals surface area contributed by atoms with Gasteiger partial charge in [-0.25, -0.2) is 4.98 Å². The molecule has 0 saturated carbocycles. The lowest BCUT2D eigenvalue weighted by molar-refractivity contribution is -0.118. The highest BCUT2D eigenvalue weighted by atomic mass is 79.9. The molecule has 1 aromatic heterocycles. The van der Waals surface area contributed by atoms with Gasteiger partial charge in [0.15, 0.2) is 11.7 Å². The molecule has 0 fully saturated rings. The van der Waals surface area contributed by atoms with Crippen LogP contribution in [0, 0.1) is 13.8 Å². The molecule has 0 aliphatic heterocycles. The van der Waals surface area contributed by atoms with Crippen molar-refractivity contribution in [1.29, 1.82) is 0 Å². The van der Waals surface area contributed by atoms with Gasteiger partial charge in [-0.15, -0.1) is 11.3 Å². The van der Waals surface area contributed by atoms with E-state index in [2.05, 4.69) is 52.2 Å². The van der Waals surface area contributed by atoms with Crippen molar-refractivity contribution in [2.75, 3.05) is 11.9 Å². The second-order valence-corrected chi connectivity index (χ2v) is 8.70. The number of benzene rings is 2. The highest BCUT2D eigenvalue weighted by Gasteiger charge is 2.13. The van der Waals surface area contributed by atoms with E-state index in [1.807, 2.05) is 37.3 Å². The standard InChI is InChI=1S/C22H23BrN2O2S/c1-4-5-16-8-11-19(18(23)12-16)27-13-20(26)24-22-25-21(15(3)28-22)17-9-6-14(2)7-10-17/h6-12H,4-5,13H2,1-3H3,(H,24,25,26). The lowest BCUT2D eigenvalue weighted by Gasteiger charge is -2.09. The number of nitrogens with one attached hydrogen (secondary N) is 1. The first-order valence-electron chi connectivity index (χ1n) is 9.21. The Kier molecular flexibility index (Phi) is 6.86. The van der Waals surface area contributed by atoms with Gasteiger partial charge in [0.2, 0.25) is 0 Å². The van der Waals surface area contributed by atoms with Gasteiger partial charge in [0.1, 0.15) is 5.75 Å². The fraction of sp³-hybridized carbons (Fsp3) is 0.273. The van der Waals surface area contributed by atoms with Gasteiger partial charge in [-0.3, -0.25) is 10.1 Å². The van der Waals surface area contributed by atoms with Crippen molar-refractivity contribution in [1.82, 2.24) is 4.98 Å². The molecule has 0 radical (unpaired) electrons. The maximum Gasteiger partial charge on any atom is 0.264 e. The van der Waals surface area contributed by atoms with Crippen molar-refractivity contribution in [3.05, 3.63) is 62.9 Å². The first-order chi connectivity index (χ1) is 13.5. The molecule has 146 valence electrons. The van der Waals surface area contributed by atoms with Crippen LogP contribution in [0.5, 0.6) is 5.75 Å². The Labute approximate surface area is 178 Å². The highest BCUT2D eigenvalue weighted by Crippen LogP contribution is 2.31. The number of nitrogens with zero attached hydrogens (tertiary/aromatic N) is 1. The Morgan fingerprint density at radius 3 is 2.61 bits per heavy atom. The number of carbonyl (C=O) groups is 1. The molecule has 1 heterocycles. The number of amides is 1. The molecule has 2 aromatic carbocycles. The van der Waals surface area contributed by atoms with Crippen LogP contribution in [-0.2, 0) is 11.2 Å². The third kappa shape index (κ3) is 5.20. The molecule has 6 heteroatoms. The second-order valence-electron chi connectivity index (χ2n) is 6.64. The number of thiazole rings is 1. The molecular weight excluding hydrogens is 436 g/mol. The average molecular weight is 459 g/mol. The van der Waals surface area contributed by atoms with E-state index in [1.165, 1.54) is 22.5 Å². The topological polar surface area (TPSA) is 51.2 Å². The van der Waals surface area contributed by atoms with E-state index in [-0.39, 0.29) is 12.5 Å². The van der Waals surface area contributed by atoms with E-state index < -0.39 is 0 Å². The number of anilines is 1. The van der Waals surface area contributed by atoms with Gasteiger partial charge >= 0.3 is 0 Å². The summed E-state index contributed by atoms with van der Waals surface area (Å²) in [5.74, 6) is 0.430. The number of rotatable bonds is 7. The minimum atomic E-state index is -0.228. The lowest BCUT2D eigenvalue weighted by atomic mass is 10.1. The zero-order valence-electron chi connectivity index (χ0n) is 16.2. The van der Waals surface area contributed by atoms with Crippen molar-refractivity contribution in [3.63, 3.8) is 0 Å². The zero-order valence-corrected chi connectivity index (χ0v) is 18.6. The molecule has 4 nitrogen and oxygen atoms in total. The first kappa shape index (κ1) is 20.6. The van der Waals surface area contributed by atoms with Crippen molar-refractivity contribution < 1.29 is 9.53 Å². The van der Waals surface area contributed by atoms with Crippen molar-refractivity contribution in [3.8, 4) is 17.0 Å². The van der Waals surface area contributed by atoms with E-state index in [0.29, 0.717) is 10.9 Å². The van der Waals surface area contributed by atoms with Crippen LogP contribution in [0.4, 0.5) is 5.13 Å². The predicted molar refractivity (Wildman–Crippen MR) is 119 cm³/mol. The van der Waals surface area contributed by atoms with Crippen LogP contribution in [0.15, 0.2) is 46.9 Å². The van der Waals surface area contributed by atoms with Gasteiger partial charge in [0.05, 0.1) is 10.2 Å². The van der Waals surface area contributed by atoms with Gasteiger partial charge in [-0.1, -0.05) is 49.2 Å². The smallest absolute Gasteiger partial charge is 0.264 e. The Morgan fingerprint density at radius 2 is 1.93 bits per heavy atom. The van der Waals surface area contributed by atoms with Crippen LogP contribution < -0.4 is 10.1 Å². The normalized spacial score (nSPS) is 10.7. The van der Waals surface area contributed by atoms with Crippen molar-refractivity contribution in [2.24, 2.45) is 0 Å². The summed E-state index contributed by atoms with van der Waals surface area (Å²) in [4.78, 5) is 17.9. The van der Waals surface area contributed by atoms with Crippen molar-refractivity contribution >= 4 is 38.3 Å². The maximum atomic E-state index is 12.3. The van der Waals surface area contributed by atoms with Crippen LogP contribution in [0.1, 0.15) is 29.3 Å². The number of hydrogen-bond acceptors (Lipinski definition) is 4. The third-order valence-electron chi connectivity index (χ3n) is 4.26. The number of hydrogen-bond donors (Lipinski definition) is 1. The largest absolute Gasteiger partial charge is 0.483 e. The molecule has 3 rings (SSSR count). The summed E-state index contributed by atoms with van der Waals surface area (Å²) >= 11 is 4.98. The van der Waals surface area contributed by atoms with Crippen LogP contribution in [0.2, 0.25) is 0 Å². The van der Waals surface area contributed by atoms with E-state index >= 15 is 0 Å². The fourth-order valence-corrected chi connectivity index (χ4v) is 4.23. The number of halogens is 1. The fourth-order valence-electron chi connectivity index (χ4n) is 2.83. The number of ether oxygens (including phenoxy) is 1. The summed E-state index contributed by atoms with van der Waals surface area (Å²) < 4.78 is 6.52. The number of aryl methyl sites for hydroxylation is 3. The average Bonchev–Trinajstić information content (AvgIpc) is 3.02. The zero-order chi connectivity index (χ0) is 20.1. The molecule has 1 N–H and O–H groups in total. The quantitative estimate of drug-likeness (QED) is 0.461. The second kappa shape index (κ2) is 9.34. The van der Waals surface area contributed by atoms with Gasteiger partial charge in [-0.05, 0) is 53.9 Å². The Bertz CT molecular complexity index is 967.